The second kappa shape index (κ2) is 9.78. The highest BCUT2D eigenvalue weighted by atomic mass is 16.6. The number of benzene rings is 1. The van der Waals surface area contributed by atoms with E-state index >= 15 is 0 Å². The Bertz CT molecular complexity index is 1110. The van der Waals surface area contributed by atoms with E-state index in [9.17, 15) is 24.4 Å². The largest absolute Gasteiger partial charge is 0.444 e. The molecule has 4 atom stereocenters. The number of rotatable bonds is 6. The molecule has 0 saturated carbocycles. The maximum Gasteiger partial charge on any atom is 0.408 e. The third-order valence-corrected chi connectivity index (χ3v) is 6.79. The van der Waals surface area contributed by atoms with E-state index in [1.54, 1.807) is 49.9 Å². The van der Waals surface area contributed by atoms with Gasteiger partial charge in [-0.2, -0.15) is 5.26 Å². The summed E-state index contributed by atoms with van der Waals surface area (Å²) in [5.41, 5.74) is 5.53. The van der Waals surface area contributed by atoms with Gasteiger partial charge in [0, 0.05) is 19.6 Å². The number of hydrogen-bond acceptors (Lipinski definition) is 7. The quantitative estimate of drug-likeness (QED) is 0.596. The molecular weight excluding hydrogens is 464 g/mol. The number of anilines is 1. The summed E-state index contributed by atoms with van der Waals surface area (Å²) in [5, 5.41) is 12.1. The number of primary amides is 1. The molecule has 11 nitrogen and oxygen atoms in total. The van der Waals surface area contributed by atoms with Crippen molar-refractivity contribution in [2.75, 3.05) is 24.5 Å². The molecule has 36 heavy (non-hydrogen) atoms. The Kier molecular flexibility index (Phi) is 6.91. The van der Waals surface area contributed by atoms with Crippen LogP contribution in [0.4, 0.5) is 10.5 Å². The minimum Gasteiger partial charge on any atom is -0.444 e. The first kappa shape index (κ1) is 25.4. The summed E-state index contributed by atoms with van der Waals surface area (Å²) < 4.78 is 5.37. The number of nitriles is 1. The molecule has 3 N–H and O–H groups in total. The summed E-state index contributed by atoms with van der Waals surface area (Å²) >= 11 is 0. The molecule has 0 aliphatic carbocycles. The molecule has 11 heteroatoms. The summed E-state index contributed by atoms with van der Waals surface area (Å²) in [6, 6.07) is 6.68. The molecule has 2 bridgehead atoms. The summed E-state index contributed by atoms with van der Waals surface area (Å²) in [6.07, 6.45) is 1.10. The molecule has 4 amide bonds. The number of nitrogens with two attached hydrogens (primary N) is 1. The number of para-hydroxylation sites is 1. The smallest absolute Gasteiger partial charge is 0.408 e. The Labute approximate surface area is 210 Å². The fourth-order valence-corrected chi connectivity index (χ4v) is 5.31. The lowest BCUT2D eigenvalue weighted by Gasteiger charge is -2.36. The van der Waals surface area contributed by atoms with Gasteiger partial charge in [0.2, 0.25) is 11.8 Å². The van der Waals surface area contributed by atoms with Gasteiger partial charge in [-0.25, -0.2) is 4.79 Å². The van der Waals surface area contributed by atoms with E-state index < -0.39 is 35.7 Å². The molecular formula is C25H32N6O5. The van der Waals surface area contributed by atoms with Crippen LogP contribution in [0.25, 0.3) is 0 Å². The number of hydrogen-bond donors (Lipinski definition) is 2. The summed E-state index contributed by atoms with van der Waals surface area (Å²) in [4.78, 5) is 56.3. The van der Waals surface area contributed by atoms with Crippen molar-refractivity contribution >= 4 is 29.5 Å². The van der Waals surface area contributed by atoms with E-state index in [0.717, 1.165) is 0 Å². The fourth-order valence-electron chi connectivity index (χ4n) is 5.31. The number of alkyl carbamates (subject to hydrolysis) is 1. The van der Waals surface area contributed by atoms with Crippen LogP contribution in [-0.4, -0.2) is 83.0 Å². The molecule has 3 aliphatic rings. The Morgan fingerprint density at radius 2 is 2.00 bits per heavy atom. The second-order valence-corrected chi connectivity index (χ2v) is 10.5. The molecule has 0 radical (unpaired) electrons. The van der Waals surface area contributed by atoms with Crippen molar-refractivity contribution in [3.8, 4) is 6.07 Å². The van der Waals surface area contributed by atoms with E-state index in [2.05, 4.69) is 11.4 Å². The molecule has 3 heterocycles. The molecule has 4 rings (SSSR count). The zero-order valence-corrected chi connectivity index (χ0v) is 20.8. The van der Waals surface area contributed by atoms with Gasteiger partial charge in [-0.15, -0.1) is 0 Å². The van der Waals surface area contributed by atoms with Gasteiger partial charge in [-0.3, -0.25) is 19.3 Å². The first-order valence-electron chi connectivity index (χ1n) is 12.2. The number of piperazine rings is 1. The standard InChI is InChI=1S/C25H32N6O5/c1-25(2,3)36-24(35)28-18(22(33)30-10-6-7-15(30)12-26)14-29-13-16-11-20(29)23(34)31(16)19-9-5-4-8-17(19)21(27)32/h4-5,8-9,15-16,18,20H,6-7,10-11,13-14H2,1-3H3,(H2,27,32)(H,28,35)/t15?,16-,18?,20?/m0/s1. The lowest BCUT2D eigenvalue weighted by Crippen LogP contribution is -2.59. The number of likely N-dealkylation sites (tertiary alicyclic amines) is 2. The summed E-state index contributed by atoms with van der Waals surface area (Å²) in [5.74, 6) is -1.15. The maximum absolute atomic E-state index is 13.4. The fraction of sp³-hybridized carbons (Fsp3) is 0.560. The number of amides is 4. The number of nitrogens with zero attached hydrogens (tertiary/aromatic N) is 4. The van der Waals surface area contributed by atoms with Gasteiger partial charge in [0.15, 0.2) is 0 Å². The zero-order valence-electron chi connectivity index (χ0n) is 20.8. The van der Waals surface area contributed by atoms with Gasteiger partial charge < -0.3 is 25.6 Å². The van der Waals surface area contributed by atoms with Crippen LogP contribution < -0.4 is 16.0 Å². The molecule has 3 fully saturated rings. The van der Waals surface area contributed by atoms with Gasteiger partial charge in [0.25, 0.3) is 5.91 Å². The van der Waals surface area contributed by atoms with Crippen LogP contribution in [-0.2, 0) is 14.3 Å². The second-order valence-electron chi connectivity index (χ2n) is 10.5. The molecule has 0 aromatic heterocycles. The minimum atomic E-state index is -0.979. The molecule has 0 spiro atoms. The van der Waals surface area contributed by atoms with Crippen LogP contribution in [0.15, 0.2) is 24.3 Å². The van der Waals surface area contributed by atoms with Crippen molar-refractivity contribution in [2.45, 2.75) is 69.8 Å². The average Bonchev–Trinajstić information content (AvgIpc) is 3.51. The van der Waals surface area contributed by atoms with Crippen LogP contribution in [0.3, 0.4) is 0 Å². The highest BCUT2D eigenvalue weighted by molar-refractivity contribution is 6.07. The van der Waals surface area contributed by atoms with Crippen molar-refractivity contribution in [2.24, 2.45) is 5.73 Å². The molecule has 3 unspecified atom stereocenters. The monoisotopic (exact) mass is 496 g/mol. The SMILES string of the molecule is CC(C)(C)OC(=O)NC(CN1C[C@@H]2CC1C(=O)N2c1ccccc1C(N)=O)C(=O)N1CCCC1C#N. The van der Waals surface area contributed by atoms with Gasteiger partial charge in [0.05, 0.1) is 29.4 Å². The van der Waals surface area contributed by atoms with Gasteiger partial charge >= 0.3 is 6.09 Å². The number of carbonyl (C=O) groups excluding carboxylic acids is 4. The third kappa shape index (κ3) is 4.99. The van der Waals surface area contributed by atoms with E-state index in [-0.39, 0.29) is 30.0 Å². The van der Waals surface area contributed by atoms with Gasteiger partial charge in [-0.1, -0.05) is 12.1 Å². The van der Waals surface area contributed by atoms with Crippen LogP contribution in [0.2, 0.25) is 0 Å². The highest BCUT2D eigenvalue weighted by Crippen LogP contribution is 2.37. The number of fused-ring (bicyclic) bond motifs is 2. The van der Waals surface area contributed by atoms with E-state index in [1.807, 2.05) is 4.90 Å². The molecule has 1 aromatic rings. The van der Waals surface area contributed by atoms with Crippen molar-refractivity contribution in [1.29, 1.82) is 5.26 Å². The lowest BCUT2D eigenvalue weighted by atomic mass is 10.1. The van der Waals surface area contributed by atoms with Crippen LogP contribution in [0.5, 0.6) is 0 Å². The summed E-state index contributed by atoms with van der Waals surface area (Å²) in [7, 11) is 0. The third-order valence-electron chi connectivity index (χ3n) is 6.79. The molecule has 192 valence electrons. The zero-order chi connectivity index (χ0) is 26.2. The summed E-state index contributed by atoms with van der Waals surface area (Å²) in [6.45, 7) is 6.19. The predicted octanol–water partition coefficient (Wildman–Crippen LogP) is 0.983. The normalized spacial score (nSPS) is 24.5. The lowest BCUT2D eigenvalue weighted by molar-refractivity contribution is -0.135. The van der Waals surface area contributed by atoms with Gasteiger partial charge in [0.1, 0.15) is 17.7 Å². The topological polar surface area (TPSA) is 149 Å². The van der Waals surface area contributed by atoms with E-state index in [4.69, 9.17) is 10.5 Å². The Morgan fingerprint density at radius 1 is 1.28 bits per heavy atom. The molecule has 3 saturated heterocycles. The van der Waals surface area contributed by atoms with Crippen LogP contribution >= 0.6 is 0 Å². The highest BCUT2D eigenvalue weighted by Gasteiger charge is 2.51. The van der Waals surface area contributed by atoms with Crippen molar-refractivity contribution in [3.63, 3.8) is 0 Å². The van der Waals surface area contributed by atoms with Gasteiger partial charge in [-0.05, 0) is 52.2 Å². The van der Waals surface area contributed by atoms with E-state index in [1.165, 1.54) is 4.90 Å². The molecule has 1 aromatic carbocycles. The van der Waals surface area contributed by atoms with Crippen molar-refractivity contribution < 1.29 is 23.9 Å². The average molecular weight is 497 g/mol. The molecule has 3 aliphatic heterocycles. The Balaban J connectivity index is 1.52. The Hall–Kier alpha value is -3.65. The first-order chi connectivity index (χ1) is 17.0. The van der Waals surface area contributed by atoms with Crippen molar-refractivity contribution in [3.05, 3.63) is 29.8 Å². The number of carbonyl (C=O) groups is 4. The number of nitrogens with one attached hydrogen (secondary N) is 1. The maximum atomic E-state index is 13.4. The van der Waals surface area contributed by atoms with E-state index in [0.29, 0.717) is 38.0 Å². The van der Waals surface area contributed by atoms with Crippen LogP contribution in [0, 0.1) is 11.3 Å². The van der Waals surface area contributed by atoms with Crippen LogP contribution in [0.1, 0.15) is 50.4 Å². The number of ether oxygens (including phenoxy) is 1. The predicted molar refractivity (Wildman–Crippen MR) is 130 cm³/mol. The first-order valence-corrected chi connectivity index (χ1v) is 12.2. The minimum absolute atomic E-state index is 0.102. The Morgan fingerprint density at radius 3 is 2.64 bits per heavy atom. The van der Waals surface area contributed by atoms with Crippen molar-refractivity contribution in [1.82, 2.24) is 15.1 Å².